The van der Waals surface area contributed by atoms with Gasteiger partial charge in [0.15, 0.2) is 18.9 Å². The van der Waals surface area contributed by atoms with Crippen molar-refractivity contribution >= 4 is 29.6 Å². The number of unbranched alkanes of at least 4 members (excludes halogenated alkanes) is 7. The Hall–Kier alpha value is -7.08. The number of carbonyl (C=O) groups is 5. The number of aromatic nitrogens is 6. The second-order valence-electron chi connectivity index (χ2n) is 30.3. The van der Waals surface area contributed by atoms with Gasteiger partial charge in [0.25, 0.3) is 0 Å². The molecule has 6 aliphatic heterocycles. The monoisotopic (exact) mass is 1740 g/mol. The van der Waals surface area contributed by atoms with Crippen molar-refractivity contribution in [3.8, 4) is 5.75 Å². The Kier molecular flexibility index (Phi) is 40.0. The molecule has 0 radical (unpaired) electrons. The first kappa shape index (κ1) is 97.7. The molecule has 0 aliphatic carbocycles. The van der Waals surface area contributed by atoms with Crippen molar-refractivity contribution in [2.24, 2.45) is 11.6 Å². The molecule has 684 valence electrons. The molecule has 9 rings (SSSR count). The third kappa shape index (κ3) is 29.0. The standard InChI is InChI=1S/C75H116F5N13O28/c1-73-44-116-71(120-73)61(65(102)68(73)104)92-37-47(87-89-92)40-113-34-31-110-28-25-107-22-19-84-51(96)13-16-74(86-53(98)10-8-6-4-2-3-5-7-9-11-54(99)119-67-58(79)56(77)55(76)57(78)59(67)80,15-12-50(95)83-18-21-106-24-27-109-30-33-112-39-46(81)36-91(82)60-64(101)63(100)49-42-115-70(60)118-49)17-14-52(97)85-20-23-108-26-29-111-32-35-114-41-48-38-93(90-88-48)62-66(103)69(105)75(43-94)45-117-72(62)121-75/h36-38,49,60-66,68-72,94,100-105H,2-35,39-45,81-82H2,1H3,(H,83,95)(H,84,96)(H,85,97)(H,86,98)/b46-36-/t49?,60-,61-,62-,63+,64-,65-,66-,68-,69-,70+,71-,72-,73+,74?,75+/m1/s1. The van der Waals surface area contributed by atoms with Crippen LogP contribution in [0, 0.1) is 29.1 Å². The molecule has 6 aliphatic rings. The smallest absolute Gasteiger partial charge is 0.311 e. The van der Waals surface area contributed by atoms with E-state index in [0.717, 1.165) is 11.4 Å². The van der Waals surface area contributed by atoms with Gasteiger partial charge in [-0.1, -0.05) is 49.0 Å². The molecule has 46 heteroatoms. The fourth-order valence-electron chi connectivity index (χ4n) is 14.3. The molecule has 1 aromatic carbocycles. The number of aliphatic hydroxyl groups excluding tert-OH is 7. The number of hydrogen-bond acceptors (Lipinski definition) is 35. The first-order valence-corrected chi connectivity index (χ1v) is 40.6. The number of benzene rings is 1. The van der Waals surface area contributed by atoms with Crippen molar-refractivity contribution in [3.63, 3.8) is 0 Å². The van der Waals surface area contributed by atoms with Gasteiger partial charge in [0.2, 0.25) is 58.5 Å². The summed E-state index contributed by atoms with van der Waals surface area (Å²) in [4.78, 5) is 67.3. The van der Waals surface area contributed by atoms with E-state index >= 15 is 0 Å². The summed E-state index contributed by atoms with van der Waals surface area (Å²) in [5.74, 6) is -9.71. The number of fused-ring (bicyclic) bond motifs is 6. The molecular weight excluding hydrogens is 1630 g/mol. The number of aliphatic hydroxyl groups is 7. The van der Waals surface area contributed by atoms with E-state index in [1.807, 2.05) is 0 Å². The fraction of sp³-hybridized carbons (Fsp3) is 0.773. The highest BCUT2D eigenvalue weighted by molar-refractivity contribution is 5.80. The second kappa shape index (κ2) is 49.6. The topological polar surface area (TPSA) is 539 Å². The van der Waals surface area contributed by atoms with E-state index in [4.69, 9.17) is 82.6 Å². The summed E-state index contributed by atoms with van der Waals surface area (Å²) in [5.41, 5.74) is 3.44. The molecule has 3 aromatic rings. The Morgan fingerprint density at radius 2 is 0.975 bits per heavy atom. The molecule has 6 saturated heterocycles. The number of nitrogens with two attached hydrogens (primary N) is 2. The molecule has 15 N–H and O–H groups in total. The van der Waals surface area contributed by atoms with Crippen molar-refractivity contribution in [2.75, 3.05) is 152 Å². The van der Waals surface area contributed by atoms with E-state index in [-0.39, 0.29) is 222 Å². The summed E-state index contributed by atoms with van der Waals surface area (Å²) < 4.78 is 161. The Labute approximate surface area is 694 Å². The molecule has 16 atom stereocenters. The molecule has 2 unspecified atom stereocenters. The minimum absolute atomic E-state index is 0.00598. The van der Waals surface area contributed by atoms with Crippen LogP contribution in [0.3, 0.4) is 0 Å². The number of esters is 1. The average molecular weight is 1740 g/mol. The largest absolute Gasteiger partial charge is 0.420 e. The third-order valence-electron chi connectivity index (χ3n) is 21.1. The lowest BCUT2D eigenvalue weighted by atomic mass is 9.82. The number of nitrogens with zero attached hydrogens (tertiary/aromatic N) is 7. The lowest BCUT2D eigenvalue weighted by Crippen LogP contribution is -2.61. The minimum Gasteiger partial charge on any atom is -0.420 e. The summed E-state index contributed by atoms with van der Waals surface area (Å²) in [7, 11) is 0. The Morgan fingerprint density at radius 3 is 1.48 bits per heavy atom. The van der Waals surface area contributed by atoms with Gasteiger partial charge in [-0.05, 0) is 39.0 Å². The van der Waals surface area contributed by atoms with Crippen LogP contribution in [0.5, 0.6) is 5.75 Å². The van der Waals surface area contributed by atoms with Crippen LogP contribution in [-0.4, -0.2) is 336 Å². The van der Waals surface area contributed by atoms with Crippen LogP contribution in [0.25, 0.3) is 0 Å². The summed E-state index contributed by atoms with van der Waals surface area (Å²) in [6.45, 7) is 4.13. The van der Waals surface area contributed by atoms with Crippen LogP contribution in [0.4, 0.5) is 22.0 Å². The quantitative estimate of drug-likeness (QED) is 0.00428. The van der Waals surface area contributed by atoms with Crippen LogP contribution < -0.4 is 37.6 Å². The zero-order valence-electron chi connectivity index (χ0n) is 67.6. The molecule has 0 saturated carbocycles. The highest BCUT2D eigenvalue weighted by Crippen LogP contribution is 2.44. The first-order chi connectivity index (χ1) is 58.3. The maximum Gasteiger partial charge on any atom is 0.311 e. The number of hydrogen-bond donors (Lipinski definition) is 13. The summed E-state index contributed by atoms with van der Waals surface area (Å²) in [5, 5.41) is 102. The number of ether oxygens (including phenoxy) is 16. The molecule has 121 heavy (non-hydrogen) atoms. The van der Waals surface area contributed by atoms with Gasteiger partial charge in [0.05, 0.1) is 163 Å². The normalized spacial score (nSPS) is 26.0. The highest BCUT2D eigenvalue weighted by Gasteiger charge is 2.61. The zero-order chi connectivity index (χ0) is 86.9. The highest BCUT2D eigenvalue weighted by atomic mass is 19.2. The number of hydrazine groups is 1. The lowest BCUT2D eigenvalue weighted by Gasteiger charge is -2.41. The lowest BCUT2D eigenvalue weighted by molar-refractivity contribution is -0.244. The predicted octanol–water partition coefficient (Wildman–Crippen LogP) is -1.92. The van der Waals surface area contributed by atoms with E-state index in [1.54, 1.807) is 13.1 Å². The first-order valence-electron chi connectivity index (χ1n) is 40.6. The van der Waals surface area contributed by atoms with Crippen molar-refractivity contribution < 1.29 is 157 Å². The SMILES string of the molecule is C[C@@]12CO[C@H](O1)[C@H](n1cc(COCCOCCOCCNC(=O)CCC(CCC(=O)NCCOCCOCCOC/C(N)=C/N(N)[C@H]3[C@H]4OCC(O4)[C@H](O)[C@@H]3O)(CCC(=O)NCCOCCOCCOCc3cn([C@H]4[C@@H]5OC[C@](CO)(O5)[C@H](O)[C@@H]4O)nn3)NC(=O)CCCCCCCCCCC(=O)Oc3c(F)c(F)c(F)c(F)c3F)nn1)[C@@H](O)[C@H]2O. The van der Waals surface area contributed by atoms with Crippen molar-refractivity contribution in [1.29, 1.82) is 0 Å². The van der Waals surface area contributed by atoms with Gasteiger partial charge < -0.3 is 144 Å². The maximum atomic E-state index is 14.1. The van der Waals surface area contributed by atoms with E-state index in [1.165, 1.54) is 21.8 Å². The average Bonchev–Trinajstić information content (AvgIpc) is 1.63. The molecule has 8 heterocycles. The van der Waals surface area contributed by atoms with E-state index in [9.17, 15) is 81.7 Å². The van der Waals surface area contributed by atoms with Gasteiger partial charge in [-0.3, -0.25) is 24.0 Å². The summed E-state index contributed by atoms with van der Waals surface area (Å²) >= 11 is 0. The molecule has 41 nitrogen and oxygen atoms in total. The maximum absolute atomic E-state index is 14.1. The molecule has 2 aromatic heterocycles. The van der Waals surface area contributed by atoms with Gasteiger partial charge in [0.1, 0.15) is 83.4 Å². The summed E-state index contributed by atoms with van der Waals surface area (Å²) in [6, 6.07) is -2.65. The number of halogens is 5. The van der Waals surface area contributed by atoms with Crippen molar-refractivity contribution in [1.82, 2.24) is 56.3 Å². The van der Waals surface area contributed by atoms with Crippen LogP contribution in [0.15, 0.2) is 24.3 Å². The van der Waals surface area contributed by atoms with E-state index in [0.29, 0.717) is 49.9 Å². The molecule has 6 bridgehead atoms. The Morgan fingerprint density at radius 1 is 0.537 bits per heavy atom. The van der Waals surface area contributed by atoms with Gasteiger partial charge in [0, 0.05) is 63.5 Å². The van der Waals surface area contributed by atoms with Crippen molar-refractivity contribution in [2.45, 2.75) is 219 Å². The van der Waals surface area contributed by atoms with Crippen LogP contribution in [0.1, 0.15) is 133 Å². The Bertz CT molecular complexity index is 3690. The molecular formula is C75H116F5N13O28. The fourth-order valence-corrected chi connectivity index (χ4v) is 14.3. The molecule has 0 spiro atoms. The number of nitrogens with one attached hydrogen (secondary N) is 4. The van der Waals surface area contributed by atoms with E-state index in [2.05, 4.69) is 46.6 Å². The van der Waals surface area contributed by atoms with Gasteiger partial charge in [-0.2, -0.15) is 8.78 Å². The van der Waals surface area contributed by atoms with Crippen molar-refractivity contribution in [3.05, 3.63) is 64.8 Å². The van der Waals surface area contributed by atoms with Gasteiger partial charge in [-0.15, -0.1) is 10.2 Å². The van der Waals surface area contributed by atoms with Crippen LogP contribution in [-0.2, 0) is 108 Å². The number of carbonyl (C=O) groups excluding carboxylic acids is 5. The molecule has 6 fully saturated rings. The number of amides is 4. The minimum atomic E-state index is -2.38. The third-order valence-corrected chi connectivity index (χ3v) is 21.1. The van der Waals surface area contributed by atoms with Gasteiger partial charge in [-0.25, -0.2) is 28.4 Å². The molecule has 4 amide bonds. The van der Waals surface area contributed by atoms with Crippen LogP contribution in [0.2, 0.25) is 0 Å². The van der Waals surface area contributed by atoms with E-state index < -0.39 is 168 Å². The van der Waals surface area contributed by atoms with Gasteiger partial charge >= 0.3 is 5.97 Å². The summed E-state index contributed by atoms with van der Waals surface area (Å²) in [6.07, 6.45) is -2.64. The Balaban J connectivity index is 0.704. The number of rotatable bonds is 60. The predicted molar refractivity (Wildman–Crippen MR) is 401 cm³/mol. The zero-order valence-corrected chi connectivity index (χ0v) is 67.6. The second-order valence-corrected chi connectivity index (χ2v) is 30.3. The van der Waals surface area contributed by atoms with Crippen LogP contribution >= 0.6 is 0 Å².